The van der Waals surface area contributed by atoms with Crippen LogP contribution < -0.4 is 5.32 Å². The second kappa shape index (κ2) is 4.80. The minimum atomic E-state index is -0.414. The molecule has 0 fully saturated rings. The molecule has 2 N–H and O–H groups in total. The van der Waals surface area contributed by atoms with Gasteiger partial charge in [-0.05, 0) is 18.2 Å². The molecule has 0 saturated carbocycles. The van der Waals surface area contributed by atoms with Gasteiger partial charge in [-0.2, -0.15) is 0 Å². The number of halogens is 1. The topological polar surface area (TPSA) is 75.1 Å². The highest BCUT2D eigenvalue weighted by atomic mass is 35.5. The molecule has 2 rings (SSSR count). The first-order valence-electron chi connectivity index (χ1n) is 4.74. The van der Waals surface area contributed by atoms with Crippen LogP contribution in [0.25, 0.3) is 0 Å². The number of carbonyl (C=O) groups excluding carboxylic acids is 1. The Hall–Kier alpha value is -2.14. The van der Waals surface area contributed by atoms with Crippen molar-refractivity contribution in [1.29, 1.82) is 0 Å². The first-order chi connectivity index (χ1) is 8.16. The maximum absolute atomic E-state index is 11.8. The van der Waals surface area contributed by atoms with Crippen LogP contribution in [0.5, 0.6) is 5.75 Å². The van der Waals surface area contributed by atoms with Crippen molar-refractivity contribution in [3.63, 3.8) is 0 Å². The molecule has 2 aromatic rings. The summed E-state index contributed by atoms with van der Waals surface area (Å²) in [5.74, 6) is -0.214. The summed E-state index contributed by atoms with van der Waals surface area (Å²) in [6, 6.07) is 5.97. The van der Waals surface area contributed by atoms with Gasteiger partial charge >= 0.3 is 0 Å². The molecule has 0 aliphatic carbocycles. The highest BCUT2D eigenvalue weighted by Gasteiger charge is 2.09. The molecule has 0 saturated heterocycles. The van der Waals surface area contributed by atoms with E-state index in [9.17, 15) is 9.90 Å². The fraction of sp³-hybridized carbons (Fsp3) is 0. The SMILES string of the molecule is O=C(Nc1nccnc1Cl)c1cccc(O)c1. The average molecular weight is 250 g/mol. The molecule has 6 heteroatoms. The van der Waals surface area contributed by atoms with Gasteiger partial charge in [0.1, 0.15) is 5.75 Å². The molecule has 0 radical (unpaired) electrons. The maximum Gasteiger partial charge on any atom is 0.257 e. The number of hydrogen-bond donors (Lipinski definition) is 2. The third-order valence-corrected chi connectivity index (χ3v) is 2.27. The van der Waals surface area contributed by atoms with Gasteiger partial charge in [0.05, 0.1) is 0 Å². The lowest BCUT2D eigenvalue weighted by Gasteiger charge is -2.05. The number of rotatable bonds is 2. The van der Waals surface area contributed by atoms with Crippen LogP contribution in [-0.2, 0) is 0 Å². The summed E-state index contributed by atoms with van der Waals surface area (Å²) in [4.78, 5) is 19.4. The number of benzene rings is 1. The average Bonchev–Trinajstić information content (AvgIpc) is 2.32. The van der Waals surface area contributed by atoms with Gasteiger partial charge in [-0.25, -0.2) is 9.97 Å². The minimum Gasteiger partial charge on any atom is -0.508 e. The molecular weight excluding hydrogens is 242 g/mol. The molecular formula is C11H8ClN3O2. The first kappa shape index (κ1) is 11.3. The fourth-order valence-electron chi connectivity index (χ4n) is 1.23. The second-order valence-corrected chi connectivity index (χ2v) is 3.56. The second-order valence-electron chi connectivity index (χ2n) is 3.20. The number of aromatic nitrogens is 2. The van der Waals surface area contributed by atoms with E-state index in [4.69, 9.17) is 11.6 Å². The van der Waals surface area contributed by atoms with E-state index in [1.54, 1.807) is 12.1 Å². The summed E-state index contributed by atoms with van der Waals surface area (Å²) < 4.78 is 0. The third-order valence-electron chi connectivity index (χ3n) is 1.99. The van der Waals surface area contributed by atoms with E-state index < -0.39 is 5.91 Å². The van der Waals surface area contributed by atoms with Crippen LogP contribution in [-0.4, -0.2) is 21.0 Å². The first-order valence-corrected chi connectivity index (χ1v) is 5.11. The predicted molar refractivity (Wildman–Crippen MR) is 63.1 cm³/mol. The van der Waals surface area contributed by atoms with Gasteiger partial charge in [0.25, 0.3) is 5.91 Å². The van der Waals surface area contributed by atoms with E-state index in [0.717, 1.165) is 0 Å². The van der Waals surface area contributed by atoms with Crippen LogP contribution in [0.1, 0.15) is 10.4 Å². The van der Waals surface area contributed by atoms with Gasteiger partial charge in [0.2, 0.25) is 0 Å². The Labute approximate surface area is 102 Å². The normalized spacial score (nSPS) is 9.94. The maximum atomic E-state index is 11.8. The summed E-state index contributed by atoms with van der Waals surface area (Å²) >= 11 is 5.75. The molecule has 0 aliphatic rings. The lowest BCUT2D eigenvalue weighted by molar-refractivity contribution is 0.102. The van der Waals surface area contributed by atoms with E-state index in [1.807, 2.05) is 0 Å². The molecule has 0 atom stereocenters. The molecule has 0 aliphatic heterocycles. The number of anilines is 1. The lowest BCUT2D eigenvalue weighted by atomic mass is 10.2. The van der Waals surface area contributed by atoms with Crippen molar-refractivity contribution in [2.24, 2.45) is 0 Å². The summed E-state index contributed by atoms with van der Waals surface area (Å²) in [5, 5.41) is 11.9. The van der Waals surface area contributed by atoms with Crippen LogP contribution in [0.15, 0.2) is 36.7 Å². The van der Waals surface area contributed by atoms with Gasteiger partial charge in [-0.15, -0.1) is 0 Å². The highest BCUT2D eigenvalue weighted by molar-refractivity contribution is 6.32. The molecule has 1 aromatic carbocycles. The molecule has 1 aromatic heterocycles. The molecule has 0 spiro atoms. The number of nitrogens with zero attached hydrogens (tertiary/aromatic N) is 2. The summed E-state index contributed by atoms with van der Waals surface area (Å²) in [5.41, 5.74) is 0.312. The highest BCUT2D eigenvalue weighted by Crippen LogP contribution is 2.16. The van der Waals surface area contributed by atoms with Crippen LogP contribution >= 0.6 is 11.6 Å². The summed E-state index contributed by atoms with van der Waals surface area (Å²) in [7, 11) is 0. The number of phenolic OH excluding ortho intramolecular Hbond substituents is 1. The zero-order valence-corrected chi connectivity index (χ0v) is 9.35. The van der Waals surface area contributed by atoms with E-state index in [1.165, 1.54) is 24.5 Å². The van der Waals surface area contributed by atoms with Crippen molar-refractivity contribution in [2.75, 3.05) is 5.32 Å². The Morgan fingerprint density at radius 3 is 2.76 bits per heavy atom. The van der Waals surface area contributed by atoms with E-state index in [0.29, 0.717) is 5.56 Å². The van der Waals surface area contributed by atoms with Gasteiger partial charge in [-0.1, -0.05) is 17.7 Å². The van der Waals surface area contributed by atoms with E-state index in [2.05, 4.69) is 15.3 Å². The van der Waals surface area contributed by atoms with Gasteiger partial charge < -0.3 is 10.4 Å². The van der Waals surface area contributed by atoms with E-state index in [-0.39, 0.29) is 16.7 Å². The number of aromatic hydroxyl groups is 1. The quantitative estimate of drug-likeness (QED) is 0.855. The Morgan fingerprint density at radius 1 is 1.29 bits per heavy atom. The lowest BCUT2D eigenvalue weighted by Crippen LogP contribution is -2.13. The van der Waals surface area contributed by atoms with Crippen molar-refractivity contribution < 1.29 is 9.90 Å². The van der Waals surface area contributed by atoms with Gasteiger partial charge in [-0.3, -0.25) is 4.79 Å². The molecule has 17 heavy (non-hydrogen) atoms. The third kappa shape index (κ3) is 2.70. The van der Waals surface area contributed by atoms with Crippen LogP contribution in [0, 0.1) is 0 Å². The minimum absolute atomic E-state index is 0.0166. The number of hydrogen-bond acceptors (Lipinski definition) is 4. The largest absolute Gasteiger partial charge is 0.508 e. The molecule has 86 valence electrons. The summed E-state index contributed by atoms with van der Waals surface area (Å²) in [6.45, 7) is 0. The molecule has 0 unspecified atom stereocenters. The zero-order valence-electron chi connectivity index (χ0n) is 8.59. The molecule has 0 bridgehead atoms. The number of nitrogens with one attached hydrogen (secondary N) is 1. The Morgan fingerprint density at radius 2 is 2.06 bits per heavy atom. The fourth-order valence-corrected chi connectivity index (χ4v) is 1.38. The van der Waals surface area contributed by atoms with E-state index >= 15 is 0 Å². The van der Waals surface area contributed by atoms with Crippen molar-refractivity contribution in [3.05, 3.63) is 47.4 Å². The number of amides is 1. The molecule has 5 nitrogen and oxygen atoms in total. The van der Waals surface area contributed by atoms with Crippen molar-refractivity contribution >= 4 is 23.3 Å². The van der Waals surface area contributed by atoms with Crippen molar-refractivity contribution in [2.45, 2.75) is 0 Å². The van der Waals surface area contributed by atoms with Crippen molar-refractivity contribution in [1.82, 2.24) is 9.97 Å². The zero-order chi connectivity index (χ0) is 12.3. The van der Waals surface area contributed by atoms with Gasteiger partial charge in [0.15, 0.2) is 11.0 Å². The van der Waals surface area contributed by atoms with Crippen LogP contribution in [0.2, 0.25) is 5.15 Å². The Kier molecular flexibility index (Phi) is 3.20. The molecule has 1 heterocycles. The number of phenols is 1. The van der Waals surface area contributed by atoms with Gasteiger partial charge in [0, 0.05) is 18.0 Å². The van der Waals surface area contributed by atoms with Crippen LogP contribution in [0.4, 0.5) is 5.82 Å². The van der Waals surface area contributed by atoms with Crippen molar-refractivity contribution in [3.8, 4) is 5.75 Å². The Balaban J connectivity index is 2.20. The standard InChI is InChI=1S/C11H8ClN3O2/c12-9-10(14-5-4-13-9)15-11(17)7-2-1-3-8(16)6-7/h1-6,16H,(H,14,15,17). The Bertz CT molecular complexity index is 560. The smallest absolute Gasteiger partial charge is 0.257 e. The van der Waals surface area contributed by atoms with Crippen LogP contribution in [0.3, 0.4) is 0 Å². The summed E-state index contributed by atoms with van der Waals surface area (Å²) in [6.07, 6.45) is 2.84. The predicted octanol–water partition coefficient (Wildman–Crippen LogP) is 2.09. The monoisotopic (exact) mass is 249 g/mol. The molecule has 1 amide bonds. The number of carbonyl (C=O) groups is 1.